The molecular formula is C19H26BrN3O3. The predicted octanol–water partition coefficient (Wildman–Crippen LogP) is 2.69. The molecule has 2 N–H and O–H groups in total. The molecule has 1 aliphatic heterocycles. The van der Waals surface area contributed by atoms with Crippen LogP contribution in [-0.2, 0) is 14.3 Å². The van der Waals surface area contributed by atoms with E-state index in [1.54, 1.807) is 4.90 Å². The van der Waals surface area contributed by atoms with Gasteiger partial charge in [0, 0.05) is 23.6 Å². The normalized spacial score (nSPS) is 23.6. The molecule has 1 saturated carbocycles. The van der Waals surface area contributed by atoms with Crippen LogP contribution in [0.4, 0.5) is 0 Å². The Hall–Kier alpha value is -1.44. The fraction of sp³-hybridized carbons (Fsp3) is 0.579. The van der Waals surface area contributed by atoms with E-state index in [9.17, 15) is 9.59 Å². The Bertz CT molecular complexity index is 631. The minimum Gasteiger partial charge on any atom is -0.454 e. The van der Waals surface area contributed by atoms with E-state index in [4.69, 9.17) is 4.74 Å². The zero-order valence-corrected chi connectivity index (χ0v) is 16.6. The van der Waals surface area contributed by atoms with Gasteiger partial charge in [0.05, 0.1) is 0 Å². The number of esters is 1. The summed E-state index contributed by atoms with van der Waals surface area (Å²) < 4.78 is 6.28. The fourth-order valence-corrected chi connectivity index (χ4v) is 3.90. The number of hydrogen-bond donors (Lipinski definition) is 2. The number of halogens is 1. The molecule has 1 amide bonds. The Morgan fingerprint density at radius 3 is 2.54 bits per heavy atom. The van der Waals surface area contributed by atoms with Crippen LogP contribution in [0.3, 0.4) is 0 Å². The van der Waals surface area contributed by atoms with Crippen molar-refractivity contribution in [2.45, 2.75) is 56.7 Å². The number of nitrogens with zero attached hydrogens (tertiary/aromatic N) is 1. The molecule has 1 heterocycles. The monoisotopic (exact) mass is 423 g/mol. The SMILES string of the molecule is CN(C(=O)COC(=O)C1CC(c2ccc(Br)cc2)NN1)C1CCCCC1. The minimum atomic E-state index is -0.448. The number of ether oxygens (including phenoxy) is 1. The molecule has 0 bridgehead atoms. The van der Waals surface area contributed by atoms with Crippen molar-refractivity contribution in [3.63, 3.8) is 0 Å². The molecule has 2 fully saturated rings. The highest BCUT2D eigenvalue weighted by atomic mass is 79.9. The van der Waals surface area contributed by atoms with Gasteiger partial charge in [-0.1, -0.05) is 47.3 Å². The maximum absolute atomic E-state index is 12.3. The Kier molecular flexibility index (Phi) is 6.67. The van der Waals surface area contributed by atoms with Gasteiger partial charge in [0.15, 0.2) is 6.61 Å². The molecule has 0 aromatic heterocycles. The Morgan fingerprint density at radius 1 is 1.15 bits per heavy atom. The van der Waals surface area contributed by atoms with Crippen LogP contribution in [-0.4, -0.2) is 42.5 Å². The molecule has 2 atom stereocenters. The lowest BCUT2D eigenvalue weighted by Crippen LogP contribution is -2.42. The van der Waals surface area contributed by atoms with Gasteiger partial charge in [-0.15, -0.1) is 0 Å². The molecule has 2 aliphatic rings. The molecule has 1 saturated heterocycles. The first kappa shape index (κ1) is 19.3. The minimum absolute atomic E-state index is 0.0428. The van der Waals surface area contributed by atoms with Crippen LogP contribution in [0, 0.1) is 0 Å². The number of carbonyl (C=O) groups excluding carboxylic acids is 2. The summed E-state index contributed by atoms with van der Waals surface area (Å²) in [4.78, 5) is 26.3. The summed E-state index contributed by atoms with van der Waals surface area (Å²) in [6, 6.07) is 7.85. The molecule has 6 nitrogen and oxygen atoms in total. The Morgan fingerprint density at radius 2 is 1.85 bits per heavy atom. The topological polar surface area (TPSA) is 70.7 Å². The summed E-state index contributed by atoms with van der Waals surface area (Å²) in [6.45, 7) is -0.188. The van der Waals surface area contributed by atoms with Gasteiger partial charge in [-0.05, 0) is 37.0 Å². The number of hydrogen-bond acceptors (Lipinski definition) is 5. The van der Waals surface area contributed by atoms with Gasteiger partial charge in [-0.2, -0.15) is 0 Å². The summed E-state index contributed by atoms with van der Waals surface area (Å²) in [5.74, 6) is -0.511. The molecule has 7 heteroatoms. The van der Waals surface area contributed by atoms with Crippen molar-refractivity contribution >= 4 is 27.8 Å². The van der Waals surface area contributed by atoms with Crippen LogP contribution in [0.15, 0.2) is 28.7 Å². The van der Waals surface area contributed by atoms with E-state index in [0.717, 1.165) is 35.7 Å². The van der Waals surface area contributed by atoms with Gasteiger partial charge >= 0.3 is 5.97 Å². The quantitative estimate of drug-likeness (QED) is 0.712. The summed E-state index contributed by atoms with van der Waals surface area (Å²) >= 11 is 3.42. The largest absolute Gasteiger partial charge is 0.454 e. The summed E-state index contributed by atoms with van der Waals surface area (Å²) in [5, 5.41) is 0. The van der Waals surface area contributed by atoms with Crippen LogP contribution in [0.25, 0.3) is 0 Å². The smallest absolute Gasteiger partial charge is 0.325 e. The predicted molar refractivity (Wildman–Crippen MR) is 102 cm³/mol. The molecule has 142 valence electrons. The lowest BCUT2D eigenvalue weighted by atomic mass is 9.94. The number of rotatable bonds is 5. The molecule has 1 aromatic rings. The number of amides is 1. The van der Waals surface area contributed by atoms with Crippen LogP contribution < -0.4 is 10.9 Å². The Balaban J connectivity index is 1.45. The maximum Gasteiger partial charge on any atom is 0.325 e. The summed E-state index contributed by atoms with van der Waals surface area (Å²) in [7, 11) is 1.81. The van der Waals surface area contributed by atoms with Crippen LogP contribution in [0.5, 0.6) is 0 Å². The van der Waals surface area contributed by atoms with Crippen molar-refractivity contribution < 1.29 is 14.3 Å². The zero-order valence-electron chi connectivity index (χ0n) is 15.0. The molecule has 0 radical (unpaired) electrons. The van der Waals surface area contributed by atoms with E-state index < -0.39 is 6.04 Å². The van der Waals surface area contributed by atoms with E-state index >= 15 is 0 Å². The summed E-state index contributed by atoms with van der Waals surface area (Å²) in [5.41, 5.74) is 7.20. The third kappa shape index (κ3) is 4.84. The van der Waals surface area contributed by atoms with Crippen molar-refractivity contribution in [3.8, 4) is 0 Å². The highest BCUT2D eigenvalue weighted by Gasteiger charge is 2.32. The van der Waals surface area contributed by atoms with Crippen molar-refractivity contribution in [2.24, 2.45) is 0 Å². The second-order valence-electron chi connectivity index (χ2n) is 7.09. The van der Waals surface area contributed by atoms with Gasteiger partial charge in [0.2, 0.25) is 0 Å². The molecule has 3 rings (SSSR count). The number of likely N-dealkylation sites (N-methyl/N-ethyl adjacent to an activating group) is 1. The lowest BCUT2D eigenvalue weighted by molar-refractivity contribution is -0.154. The Labute approximate surface area is 162 Å². The van der Waals surface area contributed by atoms with Crippen molar-refractivity contribution in [3.05, 3.63) is 34.3 Å². The van der Waals surface area contributed by atoms with E-state index in [0.29, 0.717) is 6.42 Å². The fourth-order valence-electron chi connectivity index (χ4n) is 3.63. The van der Waals surface area contributed by atoms with Gasteiger partial charge in [0.25, 0.3) is 5.91 Å². The first-order chi connectivity index (χ1) is 12.5. The van der Waals surface area contributed by atoms with Crippen LogP contribution in [0.2, 0.25) is 0 Å². The van der Waals surface area contributed by atoms with E-state index in [1.165, 1.54) is 6.42 Å². The number of benzene rings is 1. The second-order valence-corrected chi connectivity index (χ2v) is 8.00. The van der Waals surface area contributed by atoms with Crippen molar-refractivity contribution in [2.75, 3.05) is 13.7 Å². The van der Waals surface area contributed by atoms with E-state index in [-0.39, 0.29) is 30.6 Å². The molecule has 2 unspecified atom stereocenters. The molecule has 1 aromatic carbocycles. The number of hydrazine groups is 1. The highest BCUT2D eigenvalue weighted by Crippen LogP contribution is 2.24. The standard InChI is InChI=1S/C19H26BrN3O3/c1-23(15-5-3-2-4-6-15)18(24)12-26-19(25)17-11-16(21-22-17)13-7-9-14(20)10-8-13/h7-10,15-17,21-22H,2-6,11-12H2,1H3. The first-order valence-electron chi connectivity index (χ1n) is 9.23. The average Bonchev–Trinajstić information content (AvgIpc) is 3.16. The van der Waals surface area contributed by atoms with Crippen LogP contribution in [0.1, 0.15) is 50.1 Å². The molecule has 1 aliphatic carbocycles. The molecule has 0 spiro atoms. The van der Waals surface area contributed by atoms with Gasteiger partial charge in [-0.3, -0.25) is 9.59 Å². The third-order valence-corrected chi connectivity index (χ3v) is 5.84. The van der Waals surface area contributed by atoms with Crippen LogP contribution >= 0.6 is 15.9 Å². The first-order valence-corrected chi connectivity index (χ1v) is 10.0. The molecule has 26 heavy (non-hydrogen) atoms. The van der Waals surface area contributed by atoms with Crippen molar-refractivity contribution in [1.29, 1.82) is 0 Å². The van der Waals surface area contributed by atoms with Gasteiger partial charge in [-0.25, -0.2) is 10.9 Å². The third-order valence-electron chi connectivity index (χ3n) is 5.31. The maximum atomic E-state index is 12.3. The lowest BCUT2D eigenvalue weighted by Gasteiger charge is -2.31. The zero-order chi connectivity index (χ0) is 18.5. The number of carbonyl (C=O) groups is 2. The van der Waals surface area contributed by atoms with Gasteiger partial charge in [0.1, 0.15) is 6.04 Å². The molecular weight excluding hydrogens is 398 g/mol. The average molecular weight is 424 g/mol. The van der Waals surface area contributed by atoms with E-state index in [1.807, 2.05) is 31.3 Å². The highest BCUT2D eigenvalue weighted by molar-refractivity contribution is 9.10. The number of nitrogens with one attached hydrogen (secondary N) is 2. The van der Waals surface area contributed by atoms with Crippen molar-refractivity contribution in [1.82, 2.24) is 15.8 Å². The second kappa shape index (κ2) is 8.97. The van der Waals surface area contributed by atoms with E-state index in [2.05, 4.69) is 26.8 Å². The van der Waals surface area contributed by atoms with Gasteiger partial charge < -0.3 is 9.64 Å². The summed E-state index contributed by atoms with van der Waals surface area (Å²) in [6.07, 6.45) is 6.24.